The van der Waals surface area contributed by atoms with Crippen LogP contribution in [0.15, 0.2) is 16.3 Å². The van der Waals surface area contributed by atoms with Crippen LogP contribution >= 0.6 is 22.9 Å². The summed E-state index contributed by atoms with van der Waals surface area (Å²) in [5.41, 5.74) is 0. The molecule has 5 nitrogen and oxygen atoms in total. The van der Waals surface area contributed by atoms with Crippen molar-refractivity contribution in [3.63, 3.8) is 0 Å². The van der Waals surface area contributed by atoms with E-state index in [4.69, 9.17) is 11.6 Å². The Bertz CT molecular complexity index is 541. The minimum absolute atomic E-state index is 0.129. The minimum Gasteiger partial charge on any atom is -0.355 e. The fourth-order valence-electron chi connectivity index (χ4n) is 1.74. The first kappa shape index (κ1) is 13.8. The van der Waals surface area contributed by atoms with Gasteiger partial charge in [0.1, 0.15) is 10.3 Å². The van der Waals surface area contributed by atoms with E-state index < -0.39 is 16.1 Å². The summed E-state index contributed by atoms with van der Waals surface area (Å²) in [6.07, 6.45) is 2.20. The van der Waals surface area contributed by atoms with Crippen molar-refractivity contribution in [1.29, 1.82) is 0 Å². The average molecular weight is 309 g/mol. The Hall–Kier alpha value is -0.630. The van der Waals surface area contributed by atoms with E-state index in [0.29, 0.717) is 17.3 Å². The third-order valence-electron chi connectivity index (χ3n) is 2.65. The summed E-state index contributed by atoms with van der Waals surface area (Å²) in [6, 6.07) is 2.26. The Morgan fingerprint density at radius 2 is 2.17 bits per heavy atom. The van der Waals surface area contributed by atoms with Crippen LogP contribution in [0, 0.1) is 0 Å². The highest BCUT2D eigenvalue weighted by Crippen LogP contribution is 2.25. The van der Waals surface area contributed by atoms with Crippen LogP contribution in [0.5, 0.6) is 0 Å². The molecule has 2 rings (SSSR count). The third kappa shape index (κ3) is 3.23. The molecule has 1 fully saturated rings. The smallest absolute Gasteiger partial charge is 0.250 e. The minimum atomic E-state index is -3.66. The topological polar surface area (TPSA) is 75.3 Å². The average Bonchev–Trinajstić information content (AvgIpc) is 2.65. The van der Waals surface area contributed by atoms with Crippen molar-refractivity contribution in [2.45, 2.75) is 29.5 Å². The first-order valence-electron chi connectivity index (χ1n) is 5.54. The van der Waals surface area contributed by atoms with Crippen LogP contribution in [0.2, 0.25) is 4.34 Å². The summed E-state index contributed by atoms with van der Waals surface area (Å²) < 4.78 is 27.0. The number of hydrogen-bond donors (Lipinski definition) is 2. The van der Waals surface area contributed by atoms with Gasteiger partial charge >= 0.3 is 0 Å². The second-order valence-corrected chi connectivity index (χ2v) is 7.68. The number of amides is 1. The van der Waals surface area contributed by atoms with Gasteiger partial charge in [-0.3, -0.25) is 4.79 Å². The summed E-state index contributed by atoms with van der Waals surface area (Å²) in [7, 11) is -3.66. The van der Waals surface area contributed by atoms with E-state index in [9.17, 15) is 13.2 Å². The molecule has 0 bridgehead atoms. The van der Waals surface area contributed by atoms with E-state index in [1.165, 1.54) is 12.1 Å². The van der Waals surface area contributed by atoms with Crippen LogP contribution in [0.1, 0.15) is 19.3 Å². The largest absolute Gasteiger partial charge is 0.355 e. The van der Waals surface area contributed by atoms with Crippen molar-refractivity contribution in [3.8, 4) is 0 Å². The number of halogens is 1. The molecule has 0 aliphatic carbocycles. The van der Waals surface area contributed by atoms with Crippen molar-refractivity contribution in [2.24, 2.45) is 0 Å². The van der Waals surface area contributed by atoms with E-state index >= 15 is 0 Å². The fourth-order valence-corrected chi connectivity index (χ4v) is 4.47. The molecule has 1 atom stereocenters. The second-order valence-electron chi connectivity index (χ2n) is 4.02. The molecule has 100 valence electrons. The van der Waals surface area contributed by atoms with Crippen LogP contribution in [-0.4, -0.2) is 26.9 Å². The SMILES string of the molecule is O=C1NCCCCC1NS(=O)(=O)c1ccc(Cl)s1. The summed E-state index contributed by atoms with van der Waals surface area (Å²) >= 11 is 6.68. The molecule has 1 aromatic rings. The number of carbonyl (C=O) groups excluding carboxylic acids is 1. The Labute approximate surface area is 115 Å². The van der Waals surface area contributed by atoms with Gasteiger partial charge in [-0.05, 0) is 31.4 Å². The molecular formula is C10H13ClN2O3S2. The standard InChI is InChI=1S/C10H13ClN2O3S2/c11-8-4-5-9(17-8)18(15,16)13-7-3-1-2-6-12-10(7)14/h4-5,7,13H,1-3,6H2,(H,12,14). The second kappa shape index (κ2) is 5.56. The van der Waals surface area contributed by atoms with Crippen molar-refractivity contribution >= 4 is 38.9 Å². The lowest BCUT2D eigenvalue weighted by molar-refractivity contribution is -0.122. The number of nitrogens with one attached hydrogen (secondary N) is 2. The first-order chi connectivity index (χ1) is 8.49. The molecule has 1 aromatic heterocycles. The lowest BCUT2D eigenvalue weighted by Crippen LogP contribution is -2.45. The summed E-state index contributed by atoms with van der Waals surface area (Å²) in [5.74, 6) is -0.265. The molecule has 18 heavy (non-hydrogen) atoms. The van der Waals surface area contributed by atoms with Gasteiger partial charge in [-0.2, -0.15) is 4.72 Å². The zero-order valence-corrected chi connectivity index (χ0v) is 11.9. The third-order valence-corrected chi connectivity index (χ3v) is 5.84. The van der Waals surface area contributed by atoms with Crippen molar-refractivity contribution < 1.29 is 13.2 Å². The highest BCUT2D eigenvalue weighted by atomic mass is 35.5. The number of carbonyl (C=O) groups is 1. The lowest BCUT2D eigenvalue weighted by atomic mass is 10.1. The van der Waals surface area contributed by atoms with Crippen molar-refractivity contribution in [1.82, 2.24) is 10.0 Å². The highest BCUT2D eigenvalue weighted by Gasteiger charge is 2.27. The van der Waals surface area contributed by atoms with Gasteiger partial charge in [0, 0.05) is 6.54 Å². The molecular weight excluding hydrogens is 296 g/mol. The molecule has 0 saturated carbocycles. The van der Waals surface area contributed by atoms with Crippen LogP contribution < -0.4 is 10.0 Å². The maximum absolute atomic E-state index is 12.0. The quantitative estimate of drug-likeness (QED) is 0.885. The molecule has 2 heterocycles. The Balaban J connectivity index is 2.14. The number of sulfonamides is 1. The molecule has 1 saturated heterocycles. The molecule has 0 radical (unpaired) electrons. The van der Waals surface area contributed by atoms with Crippen molar-refractivity contribution in [2.75, 3.05) is 6.54 Å². The maximum Gasteiger partial charge on any atom is 0.250 e. The maximum atomic E-state index is 12.0. The van der Waals surface area contributed by atoms with E-state index in [1.54, 1.807) is 0 Å². The summed E-state index contributed by atoms with van der Waals surface area (Å²) in [4.78, 5) is 11.7. The van der Waals surface area contributed by atoms with E-state index in [-0.39, 0.29) is 10.1 Å². The van der Waals surface area contributed by atoms with Crippen LogP contribution in [0.3, 0.4) is 0 Å². The van der Waals surface area contributed by atoms with Gasteiger partial charge in [0.05, 0.1) is 4.34 Å². The predicted octanol–water partition coefficient (Wildman–Crippen LogP) is 1.35. The molecule has 0 aromatic carbocycles. The van der Waals surface area contributed by atoms with Crippen LogP contribution in [0.4, 0.5) is 0 Å². The molecule has 1 amide bonds. The fraction of sp³-hybridized carbons (Fsp3) is 0.500. The molecule has 2 N–H and O–H groups in total. The Morgan fingerprint density at radius 3 is 2.83 bits per heavy atom. The molecule has 1 aliphatic heterocycles. The Morgan fingerprint density at radius 1 is 1.39 bits per heavy atom. The van der Waals surface area contributed by atoms with Gasteiger partial charge in [0.2, 0.25) is 5.91 Å². The first-order valence-corrected chi connectivity index (χ1v) is 8.22. The van der Waals surface area contributed by atoms with Gasteiger partial charge in [0.15, 0.2) is 0 Å². The van der Waals surface area contributed by atoms with Crippen molar-refractivity contribution in [3.05, 3.63) is 16.5 Å². The van der Waals surface area contributed by atoms with Gasteiger partial charge in [-0.15, -0.1) is 11.3 Å². The van der Waals surface area contributed by atoms with Gasteiger partial charge in [0.25, 0.3) is 10.0 Å². The van der Waals surface area contributed by atoms with Crippen LogP contribution in [0.25, 0.3) is 0 Å². The lowest BCUT2D eigenvalue weighted by Gasteiger charge is -2.14. The van der Waals surface area contributed by atoms with Gasteiger partial charge in [-0.25, -0.2) is 8.42 Å². The number of rotatable bonds is 3. The zero-order valence-electron chi connectivity index (χ0n) is 9.48. The normalized spacial score (nSPS) is 21.4. The zero-order chi connectivity index (χ0) is 13.2. The molecule has 1 aliphatic rings. The van der Waals surface area contributed by atoms with E-state index in [1.807, 2.05) is 0 Å². The molecule has 8 heteroatoms. The van der Waals surface area contributed by atoms with Gasteiger partial charge in [-0.1, -0.05) is 11.6 Å². The number of hydrogen-bond acceptors (Lipinski definition) is 4. The number of thiophene rings is 1. The predicted molar refractivity (Wildman–Crippen MR) is 70.3 cm³/mol. The highest BCUT2D eigenvalue weighted by molar-refractivity contribution is 7.91. The Kier molecular flexibility index (Phi) is 4.26. The molecule has 0 spiro atoms. The van der Waals surface area contributed by atoms with Crippen LogP contribution in [-0.2, 0) is 14.8 Å². The van der Waals surface area contributed by atoms with Gasteiger partial charge < -0.3 is 5.32 Å². The molecule has 1 unspecified atom stereocenters. The van der Waals surface area contributed by atoms with E-state index in [2.05, 4.69) is 10.0 Å². The monoisotopic (exact) mass is 308 g/mol. The summed E-state index contributed by atoms with van der Waals surface area (Å²) in [5, 5.41) is 2.69. The summed E-state index contributed by atoms with van der Waals surface area (Å²) in [6.45, 7) is 0.599. The van der Waals surface area contributed by atoms with E-state index in [0.717, 1.165) is 24.2 Å².